The second-order valence-electron chi connectivity index (χ2n) is 7.14. The standard InChI is InChI=1S/C21H24N6O2/c1-15(28)26-10-12-27(13-11-26)20-7-6-19(24-25-20)21(29)22-9-8-16-14-23-18-5-3-2-4-17(16)18/h2-7,14,23H,8-13H2,1H3,(H,22,29). The summed E-state index contributed by atoms with van der Waals surface area (Å²) in [6, 6.07) is 11.6. The molecule has 0 bridgehead atoms. The van der Waals surface area contributed by atoms with Gasteiger partial charge in [-0.25, -0.2) is 0 Å². The number of carbonyl (C=O) groups excluding carboxylic acids is 2. The largest absolute Gasteiger partial charge is 0.361 e. The number of para-hydroxylation sites is 1. The van der Waals surface area contributed by atoms with Crippen LogP contribution in [0.1, 0.15) is 23.0 Å². The zero-order valence-electron chi connectivity index (χ0n) is 16.4. The van der Waals surface area contributed by atoms with Crippen LogP contribution < -0.4 is 10.2 Å². The number of aromatic nitrogens is 3. The van der Waals surface area contributed by atoms with Gasteiger partial charge in [0.2, 0.25) is 5.91 Å². The summed E-state index contributed by atoms with van der Waals surface area (Å²) in [6.45, 7) is 4.88. The number of piperazine rings is 1. The van der Waals surface area contributed by atoms with Crippen molar-refractivity contribution in [2.75, 3.05) is 37.6 Å². The Kier molecular flexibility index (Phi) is 5.41. The van der Waals surface area contributed by atoms with Crippen molar-refractivity contribution in [3.8, 4) is 0 Å². The highest BCUT2D eigenvalue weighted by Crippen LogP contribution is 2.18. The minimum atomic E-state index is -0.231. The highest BCUT2D eigenvalue weighted by molar-refractivity contribution is 5.92. The molecule has 0 atom stereocenters. The molecule has 0 aliphatic carbocycles. The van der Waals surface area contributed by atoms with E-state index in [2.05, 4.69) is 31.5 Å². The van der Waals surface area contributed by atoms with Gasteiger partial charge in [-0.15, -0.1) is 10.2 Å². The Morgan fingerprint density at radius 1 is 1.07 bits per heavy atom. The van der Waals surface area contributed by atoms with Gasteiger partial charge >= 0.3 is 0 Å². The number of rotatable bonds is 5. The minimum Gasteiger partial charge on any atom is -0.361 e. The van der Waals surface area contributed by atoms with Crippen LogP contribution in [0.15, 0.2) is 42.6 Å². The summed E-state index contributed by atoms with van der Waals surface area (Å²) in [7, 11) is 0. The molecule has 1 aliphatic heterocycles. The van der Waals surface area contributed by atoms with Crippen LogP contribution in [0.3, 0.4) is 0 Å². The summed E-state index contributed by atoms with van der Waals surface area (Å²) in [5.74, 6) is 0.587. The fourth-order valence-electron chi connectivity index (χ4n) is 3.61. The van der Waals surface area contributed by atoms with E-state index in [1.807, 2.05) is 35.4 Å². The predicted molar refractivity (Wildman–Crippen MR) is 111 cm³/mol. The first kappa shape index (κ1) is 18.9. The molecular weight excluding hydrogens is 368 g/mol. The van der Waals surface area contributed by atoms with E-state index >= 15 is 0 Å². The topological polar surface area (TPSA) is 94.2 Å². The third-order valence-electron chi connectivity index (χ3n) is 5.29. The van der Waals surface area contributed by atoms with Crippen LogP contribution in [0.5, 0.6) is 0 Å². The molecule has 0 saturated carbocycles. The molecule has 3 aromatic rings. The second-order valence-corrected chi connectivity index (χ2v) is 7.14. The third-order valence-corrected chi connectivity index (χ3v) is 5.29. The summed E-state index contributed by atoms with van der Waals surface area (Å²) < 4.78 is 0. The quantitative estimate of drug-likeness (QED) is 0.688. The summed E-state index contributed by atoms with van der Waals surface area (Å²) in [4.78, 5) is 30.9. The summed E-state index contributed by atoms with van der Waals surface area (Å²) in [5.41, 5.74) is 2.57. The number of hydrogen-bond acceptors (Lipinski definition) is 5. The molecule has 2 amide bonds. The smallest absolute Gasteiger partial charge is 0.271 e. The minimum absolute atomic E-state index is 0.0930. The Labute approximate surface area is 168 Å². The Morgan fingerprint density at radius 3 is 2.59 bits per heavy atom. The summed E-state index contributed by atoms with van der Waals surface area (Å²) >= 11 is 0. The Bertz CT molecular complexity index is 1010. The first-order valence-electron chi connectivity index (χ1n) is 9.79. The Hall–Kier alpha value is -3.42. The number of benzene rings is 1. The molecule has 8 nitrogen and oxygen atoms in total. The van der Waals surface area contributed by atoms with Crippen LogP contribution in [-0.4, -0.2) is 64.6 Å². The number of hydrogen-bond donors (Lipinski definition) is 2. The molecule has 0 spiro atoms. The normalized spacial score (nSPS) is 14.2. The molecule has 1 aromatic carbocycles. The highest BCUT2D eigenvalue weighted by atomic mass is 16.2. The lowest BCUT2D eigenvalue weighted by atomic mass is 10.1. The molecule has 29 heavy (non-hydrogen) atoms. The number of nitrogens with zero attached hydrogens (tertiary/aromatic N) is 4. The average Bonchev–Trinajstić information content (AvgIpc) is 3.17. The van der Waals surface area contributed by atoms with Gasteiger partial charge in [-0.1, -0.05) is 18.2 Å². The molecule has 2 N–H and O–H groups in total. The van der Waals surface area contributed by atoms with E-state index < -0.39 is 0 Å². The van der Waals surface area contributed by atoms with Gasteiger partial charge in [0.1, 0.15) is 0 Å². The fraction of sp³-hybridized carbons (Fsp3) is 0.333. The van der Waals surface area contributed by atoms with Gasteiger partial charge < -0.3 is 20.1 Å². The maximum absolute atomic E-state index is 12.4. The van der Waals surface area contributed by atoms with Crippen LogP contribution in [-0.2, 0) is 11.2 Å². The van der Waals surface area contributed by atoms with E-state index in [0.29, 0.717) is 38.4 Å². The average molecular weight is 392 g/mol. The molecule has 1 fully saturated rings. The van der Waals surface area contributed by atoms with Crippen molar-refractivity contribution in [2.45, 2.75) is 13.3 Å². The van der Waals surface area contributed by atoms with E-state index in [9.17, 15) is 9.59 Å². The van der Waals surface area contributed by atoms with Crippen molar-refractivity contribution in [1.82, 2.24) is 25.4 Å². The number of H-pyrrole nitrogens is 1. The molecular formula is C21H24N6O2. The van der Waals surface area contributed by atoms with E-state index in [-0.39, 0.29) is 11.8 Å². The SMILES string of the molecule is CC(=O)N1CCN(c2ccc(C(=O)NCCc3c[nH]c4ccccc34)nn2)CC1. The van der Waals surface area contributed by atoms with Gasteiger partial charge in [0.25, 0.3) is 5.91 Å². The Balaban J connectivity index is 1.30. The number of anilines is 1. The van der Waals surface area contributed by atoms with Crippen LogP contribution in [0.4, 0.5) is 5.82 Å². The lowest BCUT2D eigenvalue weighted by molar-refractivity contribution is -0.129. The predicted octanol–water partition coefficient (Wildman–Crippen LogP) is 1.60. The van der Waals surface area contributed by atoms with Crippen molar-refractivity contribution in [3.05, 3.63) is 53.9 Å². The molecule has 0 radical (unpaired) electrons. The van der Waals surface area contributed by atoms with Crippen LogP contribution in [0.2, 0.25) is 0 Å². The van der Waals surface area contributed by atoms with Gasteiger partial charge in [-0.3, -0.25) is 9.59 Å². The molecule has 1 saturated heterocycles. The number of carbonyl (C=O) groups is 2. The molecule has 150 valence electrons. The molecule has 8 heteroatoms. The van der Waals surface area contributed by atoms with Crippen molar-refractivity contribution >= 4 is 28.5 Å². The number of fused-ring (bicyclic) bond motifs is 1. The zero-order chi connectivity index (χ0) is 20.2. The first-order chi connectivity index (χ1) is 14.1. The summed E-state index contributed by atoms with van der Waals surface area (Å²) in [5, 5.41) is 12.4. The Morgan fingerprint density at radius 2 is 1.86 bits per heavy atom. The van der Waals surface area contributed by atoms with Crippen LogP contribution in [0.25, 0.3) is 10.9 Å². The first-order valence-corrected chi connectivity index (χ1v) is 9.79. The van der Waals surface area contributed by atoms with Crippen molar-refractivity contribution in [2.24, 2.45) is 0 Å². The van der Waals surface area contributed by atoms with E-state index in [4.69, 9.17) is 0 Å². The molecule has 0 unspecified atom stereocenters. The molecule has 2 aromatic heterocycles. The van der Waals surface area contributed by atoms with Crippen LogP contribution >= 0.6 is 0 Å². The lowest BCUT2D eigenvalue weighted by Gasteiger charge is -2.34. The number of amides is 2. The van der Waals surface area contributed by atoms with Crippen molar-refractivity contribution in [3.63, 3.8) is 0 Å². The second kappa shape index (κ2) is 8.30. The maximum Gasteiger partial charge on any atom is 0.271 e. The molecule has 1 aliphatic rings. The van der Waals surface area contributed by atoms with Gasteiger partial charge in [0, 0.05) is 56.7 Å². The van der Waals surface area contributed by atoms with Crippen molar-refractivity contribution in [1.29, 1.82) is 0 Å². The van der Waals surface area contributed by atoms with Gasteiger partial charge in [0.15, 0.2) is 11.5 Å². The number of nitrogens with one attached hydrogen (secondary N) is 2. The van der Waals surface area contributed by atoms with E-state index in [1.54, 1.807) is 13.0 Å². The third kappa shape index (κ3) is 4.21. The fourth-order valence-corrected chi connectivity index (χ4v) is 3.61. The molecule has 3 heterocycles. The van der Waals surface area contributed by atoms with Gasteiger partial charge in [0.05, 0.1) is 0 Å². The highest BCUT2D eigenvalue weighted by Gasteiger charge is 2.20. The van der Waals surface area contributed by atoms with Crippen LogP contribution in [0, 0.1) is 0 Å². The number of aromatic amines is 1. The van der Waals surface area contributed by atoms with E-state index in [0.717, 1.165) is 17.8 Å². The summed E-state index contributed by atoms with van der Waals surface area (Å²) in [6.07, 6.45) is 2.72. The van der Waals surface area contributed by atoms with Crippen molar-refractivity contribution < 1.29 is 9.59 Å². The van der Waals surface area contributed by atoms with Gasteiger partial charge in [-0.2, -0.15) is 0 Å². The van der Waals surface area contributed by atoms with Gasteiger partial charge in [-0.05, 0) is 30.2 Å². The maximum atomic E-state index is 12.4. The van der Waals surface area contributed by atoms with E-state index in [1.165, 1.54) is 10.9 Å². The molecule has 4 rings (SSSR count). The lowest BCUT2D eigenvalue weighted by Crippen LogP contribution is -2.48. The zero-order valence-corrected chi connectivity index (χ0v) is 16.4. The monoisotopic (exact) mass is 392 g/mol.